The van der Waals surface area contributed by atoms with Gasteiger partial charge in [0.25, 0.3) is 5.56 Å². The highest BCUT2D eigenvalue weighted by molar-refractivity contribution is 7.80. The fourth-order valence-electron chi connectivity index (χ4n) is 3.09. The maximum Gasteiger partial charge on any atom is 0.253 e. The number of anilines is 1. The van der Waals surface area contributed by atoms with Crippen LogP contribution in [0.2, 0.25) is 0 Å². The van der Waals surface area contributed by atoms with Crippen molar-refractivity contribution in [3.05, 3.63) is 75.6 Å². The number of hydrogen-bond acceptors (Lipinski definition) is 3. The molecule has 0 bridgehead atoms. The van der Waals surface area contributed by atoms with Crippen LogP contribution in [0.25, 0.3) is 10.9 Å². The summed E-state index contributed by atoms with van der Waals surface area (Å²) in [4.78, 5) is 17.2. The Kier molecular flexibility index (Phi) is 6.44. The van der Waals surface area contributed by atoms with Gasteiger partial charge in [-0.2, -0.15) is 0 Å². The number of aliphatic hydroxyl groups excluding tert-OH is 1. The van der Waals surface area contributed by atoms with E-state index >= 15 is 0 Å². The van der Waals surface area contributed by atoms with Crippen molar-refractivity contribution in [3.8, 4) is 0 Å². The number of fused-ring (bicyclic) bond motifs is 1. The van der Waals surface area contributed by atoms with Gasteiger partial charge in [0.1, 0.15) is 0 Å². The summed E-state index contributed by atoms with van der Waals surface area (Å²) >= 11 is 5.53. The van der Waals surface area contributed by atoms with Gasteiger partial charge >= 0.3 is 0 Å². The number of hydrogen-bond donors (Lipinski definition) is 3. The summed E-state index contributed by atoms with van der Waals surface area (Å²) in [5.74, 6) is 0. The zero-order valence-corrected chi connectivity index (χ0v) is 17.0. The highest BCUT2D eigenvalue weighted by Crippen LogP contribution is 2.15. The minimum atomic E-state index is -0.144. The Hall–Kier alpha value is -2.70. The molecular formula is C22H25N3O2S. The van der Waals surface area contributed by atoms with Crippen LogP contribution in [-0.2, 0) is 13.0 Å². The van der Waals surface area contributed by atoms with Crippen molar-refractivity contribution in [3.63, 3.8) is 0 Å². The molecule has 0 unspecified atom stereocenters. The van der Waals surface area contributed by atoms with E-state index in [1.165, 1.54) is 5.56 Å². The first kappa shape index (κ1) is 20.0. The third kappa shape index (κ3) is 4.77. The lowest BCUT2D eigenvalue weighted by molar-refractivity contribution is 0.248. The van der Waals surface area contributed by atoms with E-state index in [2.05, 4.69) is 29.4 Å². The maximum atomic E-state index is 12.5. The fraction of sp³-hybridized carbons (Fsp3) is 0.273. The van der Waals surface area contributed by atoms with E-state index in [-0.39, 0.29) is 12.2 Å². The number of nitrogens with one attached hydrogen (secondary N) is 2. The molecule has 0 spiro atoms. The normalized spacial score (nSPS) is 10.8. The number of rotatable bonds is 6. The number of aromatic amines is 1. The van der Waals surface area contributed by atoms with Crippen molar-refractivity contribution >= 4 is 33.9 Å². The molecule has 1 aromatic heterocycles. The van der Waals surface area contributed by atoms with Crippen LogP contribution in [0.1, 0.15) is 23.6 Å². The highest BCUT2D eigenvalue weighted by Gasteiger charge is 2.13. The molecule has 146 valence electrons. The van der Waals surface area contributed by atoms with Crippen LogP contribution in [0.5, 0.6) is 0 Å². The second-order valence-electron chi connectivity index (χ2n) is 6.84. The Labute approximate surface area is 170 Å². The molecule has 0 aliphatic carbocycles. The number of pyridine rings is 1. The van der Waals surface area contributed by atoms with Crippen LogP contribution in [-0.4, -0.2) is 33.3 Å². The van der Waals surface area contributed by atoms with Gasteiger partial charge in [-0.3, -0.25) is 4.79 Å². The van der Waals surface area contributed by atoms with Gasteiger partial charge in [-0.25, -0.2) is 0 Å². The number of thiocarbonyl (C=S) groups is 1. The van der Waals surface area contributed by atoms with E-state index < -0.39 is 0 Å². The Balaban J connectivity index is 1.81. The molecule has 1 heterocycles. The third-order valence-corrected chi connectivity index (χ3v) is 5.07. The highest BCUT2D eigenvalue weighted by atomic mass is 32.1. The minimum Gasteiger partial charge on any atom is -0.395 e. The van der Waals surface area contributed by atoms with Gasteiger partial charge in [-0.15, -0.1) is 0 Å². The number of aliphatic hydroxyl groups is 1. The summed E-state index contributed by atoms with van der Waals surface area (Å²) in [6.07, 6.45) is 0.978. The first-order chi connectivity index (χ1) is 13.5. The number of aryl methyl sites for hydroxylation is 2. The van der Waals surface area contributed by atoms with Gasteiger partial charge in [0, 0.05) is 23.3 Å². The molecule has 0 fully saturated rings. The third-order valence-electron chi connectivity index (χ3n) is 4.71. The van der Waals surface area contributed by atoms with Crippen LogP contribution >= 0.6 is 12.2 Å². The number of nitrogens with zero attached hydrogens (tertiary/aromatic N) is 1. The van der Waals surface area contributed by atoms with Gasteiger partial charge in [-0.05, 0) is 66.8 Å². The summed E-state index contributed by atoms with van der Waals surface area (Å²) in [6, 6.07) is 15.9. The monoisotopic (exact) mass is 395 g/mol. The summed E-state index contributed by atoms with van der Waals surface area (Å²) in [5.41, 5.74) is 4.54. The van der Waals surface area contributed by atoms with Gasteiger partial charge in [-0.1, -0.05) is 30.7 Å². The van der Waals surface area contributed by atoms with Crippen molar-refractivity contribution in [1.29, 1.82) is 0 Å². The molecule has 0 aliphatic heterocycles. The summed E-state index contributed by atoms with van der Waals surface area (Å²) in [6.45, 7) is 4.73. The number of aromatic nitrogens is 1. The summed E-state index contributed by atoms with van der Waals surface area (Å²) in [5, 5.41) is 14.1. The largest absolute Gasteiger partial charge is 0.395 e. The Bertz CT molecular complexity index is 1030. The standard InChI is InChI=1S/C22H25N3O2S/c1-3-16-5-7-19(8-6-16)23-22(28)25(10-11-26)14-18-13-17-12-15(2)4-9-20(17)24-21(18)27/h4-9,12-13,26H,3,10-11,14H2,1-2H3,(H,23,28)(H,24,27). The van der Waals surface area contributed by atoms with E-state index in [0.717, 1.165) is 28.6 Å². The van der Waals surface area contributed by atoms with Crippen LogP contribution in [0.15, 0.2) is 53.3 Å². The van der Waals surface area contributed by atoms with E-state index in [9.17, 15) is 9.90 Å². The van der Waals surface area contributed by atoms with Gasteiger partial charge in [0.05, 0.1) is 13.2 Å². The Morgan fingerprint density at radius 2 is 1.93 bits per heavy atom. The average molecular weight is 396 g/mol. The topological polar surface area (TPSA) is 68.4 Å². The van der Waals surface area contributed by atoms with E-state index in [0.29, 0.717) is 23.8 Å². The molecule has 0 aliphatic rings. The van der Waals surface area contributed by atoms with E-state index in [1.807, 2.05) is 43.3 Å². The van der Waals surface area contributed by atoms with Gasteiger partial charge in [0.15, 0.2) is 5.11 Å². The van der Waals surface area contributed by atoms with Gasteiger partial charge in [0.2, 0.25) is 0 Å². The molecule has 0 amide bonds. The van der Waals surface area contributed by atoms with Crippen molar-refractivity contribution in [1.82, 2.24) is 9.88 Å². The summed E-state index contributed by atoms with van der Waals surface area (Å²) < 4.78 is 0. The maximum absolute atomic E-state index is 12.5. The van der Waals surface area contributed by atoms with Crippen molar-refractivity contribution < 1.29 is 5.11 Å². The smallest absolute Gasteiger partial charge is 0.253 e. The molecule has 3 rings (SSSR count). The van der Waals surface area contributed by atoms with E-state index in [4.69, 9.17) is 12.2 Å². The molecule has 6 heteroatoms. The SMILES string of the molecule is CCc1ccc(NC(=S)N(CCO)Cc2cc3cc(C)ccc3[nH]c2=O)cc1. The lowest BCUT2D eigenvalue weighted by Crippen LogP contribution is -2.37. The zero-order valence-electron chi connectivity index (χ0n) is 16.2. The van der Waals surface area contributed by atoms with Crippen LogP contribution < -0.4 is 10.9 Å². The zero-order chi connectivity index (χ0) is 20.1. The predicted molar refractivity (Wildman–Crippen MR) is 119 cm³/mol. The molecule has 2 aromatic carbocycles. The van der Waals surface area contributed by atoms with Crippen molar-refractivity contribution in [2.75, 3.05) is 18.5 Å². The molecule has 0 radical (unpaired) electrons. The van der Waals surface area contributed by atoms with Crippen molar-refractivity contribution in [2.24, 2.45) is 0 Å². The van der Waals surface area contributed by atoms with Crippen LogP contribution in [0.3, 0.4) is 0 Å². The lowest BCUT2D eigenvalue weighted by Gasteiger charge is -2.25. The molecule has 0 saturated heterocycles. The first-order valence-corrected chi connectivity index (χ1v) is 9.79. The Morgan fingerprint density at radius 1 is 1.18 bits per heavy atom. The quantitative estimate of drug-likeness (QED) is 0.557. The average Bonchev–Trinajstić information content (AvgIpc) is 2.69. The molecular weight excluding hydrogens is 370 g/mol. The van der Waals surface area contributed by atoms with Crippen molar-refractivity contribution in [2.45, 2.75) is 26.8 Å². The minimum absolute atomic E-state index is 0.0544. The van der Waals surface area contributed by atoms with Gasteiger partial charge < -0.3 is 20.3 Å². The second kappa shape index (κ2) is 8.99. The van der Waals surface area contributed by atoms with Crippen LogP contribution in [0.4, 0.5) is 5.69 Å². The summed E-state index contributed by atoms with van der Waals surface area (Å²) in [7, 11) is 0. The fourth-order valence-corrected chi connectivity index (χ4v) is 3.37. The first-order valence-electron chi connectivity index (χ1n) is 9.38. The Morgan fingerprint density at radius 3 is 2.61 bits per heavy atom. The predicted octanol–water partition coefficient (Wildman–Crippen LogP) is 3.59. The molecule has 5 nitrogen and oxygen atoms in total. The lowest BCUT2D eigenvalue weighted by atomic mass is 10.1. The molecule has 0 saturated carbocycles. The molecule has 0 atom stereocenters. The second-order valence-corrected chi connectivity index (χ2v) is 7.23. The molecule has 3 N–H and O–H groups in total. The number of benzene rings is 2. The molecule has 3 aromatic rings. The van der Waals surface area contributed by atoms with Crippen LogP contribution in [0, 0.1) is 6.92 Å². The number of H-pyrrole nitrogens is 1. The van der Waals surface area contributed by atoms with E-state index in [1.54, 1.807) is 4.90 Å². The molecule has 28 heavy (non-hydrogen) atoms.